The van der Waals surface area contributed by atoms with Crippen LogP contribution >= 0.6 is 0 Å². The Morgan fingerprint density at radius 3 is 2.36 bits per heavy atom. The van der Waals surface area contributed by atoms with Gasteiger partial charge in [0.05, 0.1) is 6.54 Å². The quantitative estimate of drug-likeness (QED) is 0.633. The van der Waals surface area contributed by atoms with E-state index in [1.807, 2.05) is 30.8 Å². The molecule has 1 saturated carbocycles. The number of amides is 2. The standard InChI is InChI=1S/C20H31FN4O3/c1-4-24(14-19(26)27)18-11-17(12-18)22-20(28)25(10-9-23(2)3)13-15-5-7-16(21)8-6-15/h5-8,17-18H,4,9-14H2,1-3H3,(H,22,28)(H,26,27). The number of benzene rings is 1. The topological polar surface area (TPSA) is 76.1 Å². The molecule has 0 heterocycles. The number of nitrogens with zero attached hydrogens (tertiary/aromatic N) is 3. The molecule has 156 valence electrons. The Morgan fingerprint density at radius 2 is 1.82 bits per heavy atom. The molecule has 1 fully saturated rings. The van der Waals surface area contributed by atoms with Gasteiger partial charge in [0.25, 0.3) is 0 Å². The van der Waals surface area contributed by atoms with Gasteiger partial charge in [-0.2, -0.15) is 0 Å². The number of carboxylic acid groups (broad SMARTS) is 1. The average molecular weight is 394 g/mol. The normalized spacial score (nSPS) is 18.8. The Kier molecular flexibility index (Phi) is 8.19. The van der Waals surface area contributed by atoms with E-state index in [4.69, 9.17) is 5.11 Å². The van der Waals surface area contributed by atoms with E-state index in [0.717, 1.165) is 24.9 Å². The van der Waals surface area contributed by atoms with E-state index < -0.39 is 5.97 Å². The molecule has 1 aliphatic carbocycles. The summed E-state index contributed by atoms with van der Waals surface area (Å²) in [5, 5.41) is 12.0. The van der Waals surface area contributed by atoms with Gasteiger partial charge in [0.15, 0.2) is 0 Å². The van der Waals surface area contributed by atoms with Gasteiger partial charge in [0, 0.05) is 31.7 Å². The van der Waals surface area contributed by atoms with Crippen LogP contribution in [-0.4, -0.2) is 84.2 Å². The summed E-state index contributed by atoms with van der Waals surface area (Å²) < 4.78 is 13.1. The van der Waals surface area contributed by atoms with Crippen LogP contribution in [0.4, 0.5) is 9.18 Å². The fourth-order valence-corrected chi connectivity index (χ4v) is 3.33. The third-order valence-corrected chi connectivity index (χ3v) is 5.09. The van der Waals surface area contributed by atoms with Crippen molar-refractivity contribution >= 4 is 12.0 Å². The number of carboxylic acids is 1. The Hall–Kier alpha value is -2.19. The maximum Gasteiger partial charge on any atom is 0.317 e. The minimum Gasteiger partial charge on any atom is -0.480 e. The predicted octanol–water partition coefficient (Wildman–Crippen LogP) is 1.84. The molecule has 0 aliphatic heterocycles. The van der Waals surface area contributed by atoms with E-state index >= 15 is 0 Å². The van der Waals surface area contributed by atoms with Crippen molar-refractivity contribution in [1.29, 1.82) is 0 Å². The Morgan fingerprint density at radius 1 is 1.18 bits per heavy atom. The van der Waals surface area contributed by atoms with Gasteiger partial charge in [-0.15, -0.1) is 0 Å². The van der Waals surface area contributed by atoms with Gasteiger partial charge in [-0.05, 0) is 51.2 Å². The number of carbonyl (C=O) groups excluding carboxylic acids is 1. The molecule has 1 aromatic rings. The maximum absolute atomic E-state index is 13.1. The van der Waals surface area contributed by atoms with Crippen LogP contribution in [0.2, 0.25) is 0 Å². The summed E-state index contributed by atoms with van der Waals surface area (Å²) in [5.41, 5.74) is 0.875. The number of hydrogen-bond donors (Lipinski definition) is 2. The molecule has 1 aromatic carbocycles. The molecular formula is C20H31FN4O3. The molecule has 2 amide bonds. The first kappa shape index (κ1) is 22.1. The van der Waals surface area contributed by atoms with Gasteiger partial charge in [0.1, 0.15) is 5.82 Å². The fourth-order valence-electron chi connectivity index (χ4n) is 3.33. The molecule has 8 heteroatoms. The monoisotopic (exact) mass is 394 g/mol. The van der Waals surface area contributed by atoms with Crippen molar-refractivity contribution in [2.45, 2.75) is 38.4 Å². The second kappa shape index (κ2) is 10.4. The predicted molar refractivity (Wildman–Crippen MR) is 106 cm³/mol. The molecule has 2 N–H and O–H groups in total. The van der Waals surface area contributed by atoms with Crippen molar-refractivity contribution in [1.82, 2.24) is 20.0 Å². The summed E-state index contributed by atoms with van der Waals surface area (Å²) in [6.45, 7) is 4.35. The molecule has 0 radical (unpaired) electrons. The molecule has 0 saturated heterocycles. The summed E-state index contributed by atoms with van der Waals surface area (Å²) >= 11 is 0. The second-order valence-electron chi connectivity index (χ2n) is 7.58. The SMILES string of the molecule is CCN(CC(=O)O)C1CC(NC(=O)N(CCN(C)C)Cc2ccc(F)cc2)C1. The Bertz CT molecular complexity index is 647. The lowest BCUT2D eigenvalue weighted by atomic mass is 9.85. The summed E-state index contributed by atoms with van der Waals surface area (Å²) in [6.07, 6.45) is 1.51. The molecule has 28 heavy (non-hydrogen) atoms. The van der Waals surface area contributed by atoms with Crippen LogP contribution in [0.1, 0.15) is 25.3 Å². The highest BCUT2D eigenvalue weighted by Gasteiger charge is 2.35. The third kappa shape index (κ3) is 6.76. The van der Waals surface area contributed by atoms with E-state index in [-0.39, 0.29) is 30.5 Å². The lowest BCUT2D eigenvalue weighted by molar-refractivity contribution is -0.139. The highest BCUT2D eigenvalue weighted by Crippen LogP contribution is 2.25. The Balaban J connectivity index is 1.89. The minimum atomic E-state index is -0.830. The van der Waals surface area contributed by atoms with Gasteiger partial charge in [-0.25, -0.2) is 9.18 Å². The van der Waals surface area contributed by atoms with Gasteiger partial charge >= 0.3 is 12.0 Å². The summed E-state index contributed by atoms with van der Waals surface area (Å²) in [7, 11) is 3.90. The van der Waals surface area contributed by atoms with Crippen LogP contribution in [0.25, 0.3) is 0 Å². The van der Waals surface area contributed by atoms with Crippen LogP contribution in [0, 0.1) is 5.82 Å². The first-order valence-electron chi connectivity index (χ1n) is 9.69. The van der Waals surface area contributed by atoms with Crippen LogP contribution in [0.15, 0.2) is 24.3 Å². The fraction of sp³-hybridized carbons (Fsp3) is 0.600. The zero-order chi connectivity index (χ0) is 20.7. The largest absolute Gasteiger partial charge is 0.480 e. The first-order valence-corrected chi connectivity index (χ1v) is 9.69. The number of aliphatic carboxylic acids is 1. The van der Waals surface area contributed by atoms with E-state index in [9.17, 15) is 14.0 Å². The number of halogens is 1. The van der Waals surface area contributed by atoms with Crippen molar-refractivity contribution in [2.75, 3.05) is 40.3 Å². The number of urea groups is 1. The summed E-state index contributed by atoms with van der Waals surface area (Å²) in [4.78, 5) is 29.4. The van der Waals surface area contributed by atoms with Crippen LogP contribution in [0.5, 0.6) is 0 Å². The summed E-state index contributed by atoms with van der Waals surface area (Å²) in [6, 6.07) is 6.28. The van der Waals surface area contributed by atoms with Gasteiger partial charge in [-0.3, -0.25) is 9.69 Å². The Labute approximate surface area is 166 Å². The molecular weight excluding hydrogens is 363 g/mol. The maximum atomic E-state index is 13.1. The number of nitrogens with one attached hydrogen (secondary N) is 1. The lowest BCUT2D eigenvalue weighted by Crippen LogP contribution is -2.57. The highest BCUT2D eigenvalue weighted by atomic mass is 19.1. The second-order valence-corrected chi connectivity index (χ2v) is 7.58. The smallest absolute Gasteiger partial charge is 0.317 e. The van der Waals surface area contributed by atoms with Crippen molar-refractivity contribution < 1.29 is 19.1 Å². The molecule has 0 atom stereocenters. The first-order chi connectivity index (χ1) is 13.3. The zero-order valence-electron chi connectivity index (χ0n) is 16.9. The molecule has 1 aliphatic rings. The van der Waals surface area contributed by atoms with Crippen LogP contribution in [0.3, 0.4) is 0 Å². The van der Waals surface area contributed by atoms with Crippen molar-refractivity contribution in [3.8, 4) is 0 Å². The molecule has 2 rings (SSSR count). The van der Waals surface area contributed by atoms with Crippen LogP contribution in [-0.2, 0) is 11.3 Å². The molecule has 0 aromatic heterocycles. The average Bonchev–Trinajstić information content (AvgIpc) is 2.60. The number of carbonyl (C=O) groups is 2. The van der Waals surface area contributed by atoms with E-state index in [0.29, 0.717) is 19.6 Å². The third-order valence-electron chi connectivity index (χ3n) is 5.09. The highest BCUT2D eigenvalue weighted by molar-refractivity contribution is 5.74. The molecule has 7 nitrogen and oxygen atoms in total. The van der Waals surface area contributed by atoms with Gasteiger partial charge in [-0.1, -0.05) is 19.1 Å². The molecule has 0 unspecified atom stereocenters. The number of likely N-dealkylation sites (N-methyl/N-ethyl adjacent to an activating group) is 2. The van der Waals surface area contributed by atoms with Gasteiger partial charge < -0.3 is 20.2 Å². The van der Waals surface area contributed by atoms with Gasteiger partial charge in [0.2, 0.25) is 0 Å². The van der Waals surface area contributed by atoms with E-state index in [2.05, 4.69) is 5.32 Å². The van der Waals surface area contributed by atoms with Crippen molar-refractivity contribution in [2.24, 2.45) is 0 Å². The van der Waals surface area contributed by atoms with E-state index in [1.54, 1.807) is 17.0 Å². The van der Waals surface area contributed by atoms with E-state index in [1.165, 1.54) is 12.1 Å². The summed E-state index contributed by atoms with van der Waals surface area (Å²) in [5.74, 6) is -1.13. The molecule has 0 spiro atoms. The zero-order valence-corrected chi connectivity index (χ0v) is 16.9. The minimum absolute atomic E-state index is 0.0291. The van der Waals surface area contributed by atoms with Crippen molar-refractivity contribution in [3.05, 3.63) is 35.6 Å². The van der Waals surface area contributed by atoms with Crippen molar-refractivity contribution in [3.63, 3.8) is 0 Å². The number of rotatable bonds is 10. The number of hydrogen-bond acceptors (Lipinski definition) is 4. The van der Waals surface area contributed by atoms with Crippen LogP contribution < -0.4 is 5.32 Å². The molecule has 0 bridgehead atoms. The lowest BCUT2D eigenvalue weighted by Gasteiger charge is -2.42.